The summed E-state index contributed by atoms with van der Waals surface area (Å²) in [5.74, 6) is 0.690. The van der Waals surface area contributed by atoms with Crippen molar-refractivity contribution in [2.45, 2.75) is 12.8 Å². The monoisotopic (exact) mass is 386 g/mol. The largest absolute Gasteiger partial charge is 0.444 e. The molecule has 0 spiro atoms. The van der Waals surface area contributed by atoms with Crippen LogP contribution in [0.25, 0.3) is 22.6 Å². The van der Waals surface area contributed by atoms with E-state index in [1.165, 1.54) is 6.39 Å². The van der Waals surface area contributed by atoms with Crippen molar-refractivity contribution in [3.05, 3.63) is 84.5 Å². The van der Waals surface area contributed by atoms with Gasteiger partial charge in [-0.3, -0.25) is 9.89 Å². The van der Waals surface area contributed by atoms with Crippen LogP contribution in [-0.4, -0.2) is 39.6 Å². The molecule has 0 saturated carbocycles. The molecule has 4 rings (SSSR count). The number of oxazole rings is 1. The highest BCUT2D eigenvalue weighted by atomic mass is 16.3. The summed E-state index contributed by atoms with van der Waals surface area (Å²) < 4.78 is 5.28. The number of rotatable bonds is 7. The Bertz CT molecular complexity index is 1050. The molecule has 29 heavy (non-hydrogen) atoms. The molecule has 0 saturated heterocycles. The molecule has 0 aliphatic carbocycles. The average molecular weight is 386 g/mol. The molecule has 1 amide bonds. The number of aromatic amines is 1. The highest BCUT2D eigenvalue weighted by Crippen LogP contribution is 2.20. The normalized spacial score (nSPS) is 10.8. The number of hydrogen-bond acceptors (Lipinski definition) is 4. The van der Waals surface area contributed by atoms with Crippen LogP contribution in [0.1, 0.15) is 22.5 Å². The quantitative estimate of drug-likeness (QED) is 0.510. The van der Waals surface area contributed by atoms with Gasteiger partial charge in [0.05, 0.1) is 11.9 Å². The van der Waals surface area contributed by atoms with Gasteiger partial charge in [-0.15, -0.1) is 0 Å². The third-order valence-electron chi connectivity index (χ3n) is 4.84. The van der Waals surface area contributed by atoms with Crippen molar-refractivity contribution in [2.75, 3.05) is 13.6 Å². The maximum atomic E-state index is 12.6. The molecule has 2 aromatic carbocycles. The van der Waals surface area contributed by atoms with Crippen molar-refractivity contribution in [1.82, 2.24) is 20.1 Å². The first-order chi connectivity index (χ1) is 14.2. The number of aromatic nitrogens is 3. The second-order valence-corrected chi connectivity index (χ2v) is 6.92. The molecule has 0 aliphatic rings. The Morgan fingerprint density at radius 3 is 2.59 bits per heavy atom. The lowest BCUT2D eigenvalue weighted by atomic mass is 10.1. The van der Waals surface area contributed by atoms with Gasteiger partial charge in [0.15, 0.2) is 12.2 Å². The molecule has 0 unspecified atom stereocenters. The molecular formula is C23H22N4O2. The van der Waals surface area contributed by atoms with E-state index in [1.54, 1.807) is 11.1 Å². The Morgan fingerprint density at radius 2 is 1.86 bits per heavy atom. The van der Waals surface area contributed by atoms with Crippen LogP contribution in [0, 0.1) is 0 Å². The van der Waals surface area contributed by atoms with Crippen LogP contribution in [-0.2, 0) is 6.42 Å². The Hall–Kier alpha value is -3.67. The lowest BCUT2D eigenvalue weighted by molar-refractivity contribution is 0.0793. The van der Waals surface area contributed by atoms with Crippen molar-refractivity contribution < 1.29 is 9.21 Å². The van der Waals surface area contributed by atoms with Gasteiger partial charge in [-0.05, 0) is 31.0 Å². The maximum absolute atomic E-state index is 12.6. The van der Waals surface area contributed by atoms with Crippen LogP contribution >= 0.6 is 0 Å². The first kappa shape index (κ1) is 18.7. The van der Waals surface area contributed by atoms with E-state index in [-0.39, 0.29) is 5.91 Å². The number of benzene rings is 2. The van der Waals surface area contributed by atoms with E-state index in [9.17, 15) is 4.79 Å². The molecule has 6 nitrogen and oxygen atoms in total. The Kier molecular flexibility index (Phi) is 5.52. The van der Waals surface area contributed by atoms with Crippen molar-refractivity contribution in [3.8, 4) is 22.6 Å². The minimum atomic E-state index is 0.00343. The molecule has 6 heteroatoms. The third kappa shape index (κ3) is 4.43. The Balaban J connectivity index is 1.30. The topological polar surface area (TPSA) is 75.0 Å². The smallest absolute Gasteiger partial charge is 0.253 e. The van der Waals surface area contributed by atoms with Crippen LogP contribution < -0.4 is 0 Å². The van der Waals surface area contributed by atoms with Gasteiger partial charge in [0.2, 0.25) is 0 Å². The van der Waals surface area contributed by atoms with Crippen molar-refractivity contribution in [3.63, 3.8) is 0 Å². The molecule has 0 radical (unpaired) electrons. The zero-order valence-corrected chi connectivity index (χ0v) is 16.2. The molecule has 0 atom stereocenters. The fourth-order valence-electron chi connectivity index (χ4n) is 3.21. The SMILES string of the molecule is CN(CCCc1cc(-c2ccccc2)n[nH]1)C(=O)c1ccc(-c2cnco2)cc1. The number of carbonyl (C=O) groups is 1. The van der Waals surface area contributed by atoms with E-state index >= 15 is 0 Å². The molecule has 2 heterocycles. The molecule has 0 aliphatic heterocycles. The summed E-state index contributed by atoms with van der Waals surface area (Å²) in [6.45, 7) is 0.669. The summed E-state index contributed by atoms with van der Waals surface area (Å²) in [6, 6.07) is 19.5. The van der Waals surface area contributed by atoms with Crippen molar-refractivity contribution in [2.24, 2.45) is 0 Å². The van der Waals surface area contributed by atoms with Crippen molar-refractivity contribution in [1.29, 1.82) is 0 Å². The fraction of sp³-hybridized carbons (Fsp3) is 0.174. The lowest BCUT2D eigenvalue weighted by Gasteiger charge is -2.17. The molecule has 0 bridgehead atoms. The van der Waals surface area contributed by atoms with Gasteiger partial charge in [0, 0.05) is 36.0 Å². The zero-order valence-electron chi connectivity index (χ0n) is 16.2. The van der Waals surface area contributed by atoms with E-state index in [1.807, 2.05) is 61.6 Å². The Labute approximate surface area is 169 Å². The van der Waals surface area contributed by atoms with E-state index < -0.39 is 0 Å². The summed E-state index contributed by atoms with van der Waals surface area (Å²) in [5.41, 5.74) is 4.66. The molecule has 2 aromatic heterocycles. The summed E-state index contributed by atoms with van der Waals surface area (Å²) in [7, 11) is 1.83. The zero-order chi connectivity index (χ0) is 20.1. The predicted octanol–water partition coefficient (Wildman–Crippen LogP) is 4.44. The number of nitrogens with zero attached hydrogens (tertiary/aromatic N) is 3. The van der Waals surface area contributed by atoms with Crippen LogP contribution in [0.5, 0.6) is 0 Å². The number of H-pyrrole nitrogens is 1. The summed E-state index contributed by atoms with van der Waals surface area (Å²) in [5, 5.41) is 7.47. The second-order valence-electron chi connectivity index (χ2n) is 6.92. The highest BCUT2D eigenvalue weighted by Gasteiger charge is 2.12. The van der Waals surface area contributed by atoms with Crippen LogP contribution in [0.4, 0.5) is 0 Å². The summed E-state index contributed by atoms with van der Waals surface area (Å²) in [6.07, 6.45) is 4.74. The van der Waals surface area contributed by atoms with Gasteiger partial charge in [0.1, 0.15) is 0 Å². The van der Waals surface area contributed by atoms with Gasteiger partial charge < -0.3 is 9.32 Å². The number of carbonyl (C=O) groups excluding carboxylic acids is 1. The minimum absolute atomic E-state index is 0.00343. The number of nitrogens with one attached hydrogen (secondary N) is 1. The number of amides is 1. The van der Waals surface area contributed by atoms with Crippen LogP contribution in [0.15, 0.2) is 77.7 Å². The van der Waals surface area contributed by atoms with Gasteiger partial charge >= 0.3 is 0 Å². The van der Waals surface area contributed by atoms with E-state index in [0.717, 1.165) is 35.4 Å². The molecule has 4 aromatic rings. The highest BCUT2D eigenvalue weighted by molar-refractivity contribution is 5.94. The molecule has 146 valence electrons. The summed E-state index contributed by atoms with van der Waals surface area (Å²) in [4.78, 5) is 18.3. The van der Waals surface area contributed by atoms with E-state index in [2.05, 4.69) is 21.2 Å². The first-order valence-electron chi connectivity index (χ1n) is 9.55. The first-order valence-corrected chi connectivity index (χ1v) is 9.55. The molecule has 0 fully saturated rings. The van der Waals surface area contributed by atoms with Crippen LogP contribution in [0.2, 0.25) is 0 Å². The van der Waals surface area contributed by atoms with Gasteiger partial charge in [-0.2, -0.15) is 5.10 Å². The van der Waals surface area contributed by atoms with Crippen molar-refractivity contribution >= 4 is 5.91 Å². The third-order valence-corrected chi connectivity index (χ3v) is 4.84. The minimum Gasteiger partial charge on any atom is -0.444 e. The van der Waals surface area contributed by atoms with E-state index in [0.29, 0.717) is 17.9 Å². The second kappa shape index (κ2) is 8.56. The predicted molar refractivity (Wildman–Crippen MR) is 111 cm³/mol. The maximum Gasteiger partial charge on any atom is 0.253 e. The standard InChI is InChI=1S/C23H22N4O2/c1-27(23(28)19-11-9-18(10-12-19)22-15-24-16-29-22)13-5-8-20-14-21(26-25-20)17-6-3-2-4-7-17/h2-4,6-7,9-12,14-16H,5,8,13H2,1H3,(H,25,26). The van der Waals surface area contributed by atoms with Crippen LogP contribution in [0.3, 0.4) is 0 Å². The number of hydrogen-bond donors (Lipinski definition) is 1. The average Bonchev–Trinajstić information content (AvgIpc) is 3.46. The van der Waals surface area contributed by atoms with Gasteiger partial charge in [-0.25, -0.2) is 4.98 Å². The Morgan fingerprint density at radius 1 is 1.07 bits per heavy atom. The number of aryl methyl sites for hydroxylation is 1. The van der Waals surface area contributed by atoms with Gasteiger partial charge in [0.25, 0.3) is 5.91 Å². The molecule has 1 N–H and O–H groups in total. The van der Waals surface area contributed by atoms with Gasteiger partial charge in [-0.1, -0.05) is 42.5 Å². The lowest BCUT2D eigenvalue weighted by Crippen LogP contribution is -2.28. The van der Waals surface area contributed by atoms with E-state index in [4.69, 9.17) is 4.42 Å². The summed E-state index contributed by atoms with van der Waals surface area (Å²) >= 11 is 0. The molecular weight excluding hydrogens is 364 g/mol. The fourth-order valence-corrected chi connectivity index (χ4v) is 3.21.